The Morgan fingerprint density at radius 3 is 2.92 bits per heavy atom. The predicted molar refractivity (Wildman–Crippen MR) is 58.3 cm³/mol. The minimum atomic E-state index is 0.824. The lowest BCUT2D eigenvalue weighted by atomic mass is 10.0. The van der Waals surface area contributed by atoms with Crippen LogP contribution < -0.4 is 5.32 Å². The Morgan fingerprint density at radius 2 is 2.15 bits per heavy atom. The van der Waals surface area contributed by atoms with Gasteiger partial charge in [0.25, 0.3) is 0 Å². The van der Waals surface area contributed by atoms with Crippen LogP contribution in [0, 0.1) is 0 Å². The van der Waals surface area contributed by atoms with Crippen LogP contribution in [0.25, 0.3) is 0 Å². The number of aliphatic imine (C=N–C) groups is 1. The molecule has 1 N–H and O–H groups in total. The summed E-state index contributed by atoms with van der Waals surface area (Å²) in [6.07, 6.45) is 0.824. The van der Waals surface area contributed by atoms with Crippen LogP contribution in [0.2, 0.25) is 0 Å². The third kappa shape index (κ3) is 1.47. The van der Waals surface area contributed by atoms with E-state index in [9.17, 15) is 0 Å². The first-order chi connectivity index (χ1) is 6.31. The highest BCUT2D eigenvalue weighted by molar-refractivity contribution is 7.80. The Hall–Kier alpha value is -1.22. The van der Waals surface area contributed by atoms with Crippen molar-refractivity contribution in [3.8, 4) is 0 Å². The maximum atomic E-state index is 5.13. The fourth-order valence-electron chi connectivity index (χ4n) is 1.50. The molecule has 1 aromatic carbocycles. The van der Waals surface area contributed by atoms with Crippen LogP contribution in [-0.4, -0.2) is 17.9 Å². The van der Waals surface area contributed by atoms with Gasteiger partial charge < -0.3 is 5.32 Å². The number of rotatable bonds is 0. The van der Waals surface area contributed by atoms with Crippen LogP contribution in [0.5, 0.6) is 0 Å². The van der Waals surface area contributed by atoms with Crippen LogP contribution in [0.1, 0.15) is 11.1 Å². The predicted octanol–water partition coefficient (Wildman–Crippen LogP) is 1.54. The van der Waals surface area contributed by atoms with Gasteiger partial charge in [0.2, 0.25) is 0 Å². The Morgan fingerprint density at radius 1 is 1.38 bits per heavy atom. The topological polar surface area (TPSA) is 24.4 Å². The van der Waals surface area contributed by atoms with Crippen molar-refractivity contribution in [2.45, 2.75) is 6.42 Å². The minimum Gasteiger partial charge on any atom is -0.334 e. The summed E-state index contributed by atoms with van der Waals surface area (Å²) in [5.74, 6) is 0.881. The number of nitrogens with one attached hydrogen (secondary N) is 1. The summed E-state index contributed by atoms with van der Waals surface area (Å²) in [6.45, 7) is 0. The van der Waals surface area contributed by atoms with E-state index in [1.807, 2.05) is 12.1 Å². The summed E-state index contributed by atoms with van der Waals surface area (Å²) in [5.41, 5.74) is 2.42. The molecule has 1 aliphatic rings. The summed E-state index contributed by atoms with van der Waals surface area (Å²) in [7, 11) is 1.77. The number of thiocarbonyl (C=S) groups is 1. The normalized spacial score (nSPS) is 18.2. The van der Waals surface area contributed by atoms with Crippen molar-refractivity contribution >= 4 is 23.0 Å². The molecule has 0 saturated heterocycles. The van der Waals surface area contributed by atoms with Gasteiger partial charge in [0, 0.05) is 19.0 Å². The van der Waals surface area contributed by atoms with Gasteiger partial charge in [-0.2, -0.15) is 0 Å². The second-order valence-corrected chi connectivity index (χ2v) is 3.45. The third-order valence-electron chi connectivity index (χ3n) is 2.10. The number of benzene rings is 1. The van der Waals surface area contributed by atoms with Gasteiger partial charge in [-0.25, -0.2) is 0 Å². The minimum absolute atomic E-state index is 0.824. The number of hydrogen-bond donors (Lipinski definition) is 1. The standard InChI is InChI=1S/C10H10N2S/c1-11-10-8-5-3-2-4-7(8)6-9(13)12-10/h2-5H,6H2,1H3,(H,11,12,13). The maximum Gasteiger partial charge on any atom is 0.133 e. The van der Waals surface area contributed by atoms with E-state index < -0.39 is 0 Å². The van der Waals surface area contributed by atoms with Gasteiger partial charge in [-0.05, 0) is 5.56 Å². The molecule has 1 aromatic rings. The van der Waals surface area contributed by atoms with Crippen molar-refractivity contribution < 1.29 is 0 Å². The molecule has 2 rings (SSSR count). The highest BCUT2D eigenvalue weighted by Crippen LogP contribution is 2.14. The first kappa shape index (κ1) is 8.38. The van der Waals surface area contributed by atoms with Gasteiger partial charge in [-0.3, -0.25) is 4.99 Å². The zero-order valence-corrected chi connectivity index (χ0v) is 8.19. The van der Waals surface area contributed by atoms with Crippen LogP contribution >= 0.6 is 12.2 Å². The molecule has 1 aliphatic heterocycles. The van der Waals surface area contributed by atoms with E-state index in [0.29, 0.717) is 0 Å². The zero-order valence-electron chi connectivity index (χ0n) is 7.37. The molecule has 0 aliphatic carbocycles. The van der Waals surface area contributed by atoms with Crippen molar-refractivity contribution in [3.05, 3.63) is 35.4 Å². The van der Waals surface area contributed by atoms with E-state index in [1.165, 1.54) is 11.1 Å². The summed E-state index contributed by atoms with van der Waals surface area (Å²) in [4.78, 5) is 5.00. The second kappa shape index (κ2) is 3.26. The molecule has 0 spiro atoms. The van der Waals surface area contributed by atoms with Crippen molar-refractivity contribution in [2.75, 3.05) is 7.05 Å². The fourth-order valence-corrected chi connectivity index (χ4v) is 1.75. The molecule has 0 unspecified atom stereocenters. The fraction of sp³-hybridized carbons (Fsp3) is 0.200. The summed E-state index contributed by atoms with van der Waals surface area (Å²) in [6, 6.07) is 8.19. The molecular weight excluding hydrogens is 180 g/mol. The number of amidine groups is 1. The Balaban J connectivity index is 2.55. The van der Waals surface area contributed by atoms with Gasteiger partial charge in [0.05, 0.1) is 4.99 Å². The van der Waals surface area contributed by atoms with Crippen molar-refractivity contribution in [1.82, 2.24) is 5.32 Å². The van der Waals surface area contributed by atoms with E-state index in [2.05, 4.69) is 22.4 Å². The maximum absolute atomic E-state index is 5.13. The third-order valence-corrected chi connectivity index (χ3v) is 2.35. The molecule has 0 amide bonds. The molecule has 3 heteroatoms. The second-order valence-electron chi connectivity index (χ2n) is 2.95. The Bertz CT molecular complexity index is 382. The quantitative estimate of drug-likeness (QED) is 0.627. The van der Waals surface area contributed by atoms with E-state index >= 15 is 0 Å². The van der Waals surface area contributed by atoms with Crippen molar-refractivity contribution in [2.24, 2.45) is 4.99 Å². The first-order valence-electron chi connectivity index (χ1n) is 4.16. The molecule has 1 heterocycles. The van der Waals surface area contributed by atoms with Crippen molar-refractivity contribution in [3.63, 3.8) is 0 Å². The highest BCUT2D eigenvalue weighted by Gasteiger charge is 2.16. The molecule has 0 bridgehead atoms. The average molecular weight is 190 g/mol. The largest absolute Gasteiger partial charge is 0.334 e. The summed E-state index contributed by atoms with van der Waals surface area (Å²) in [5, 5.41) is 3.10. The molecule has 0 saturated carbocycles. The van der Waals surface area contributed by atoms with Gasteiger partial charge in [0.15, 0.2) is 0 Å². The molecule has 0 radical (unpaired) electrons. The van der Waals surface area contributed by atoms with Crippen LogP contribution in [0.4, 0.5) is 0 Å². The SMILES string of the molecule is CN=C1NC(=S)Cc2ccccc21. The number of nitrogens with zero attached hydrogens (tertiary/aromatic N) is 1. The van der Waals surface area contributed by atoms with Gasteiger partial charge in [-0.1, -0.05) is 36.5 Å². The van der Waals surface area contributed by atoms with Crippen LogP contribution in [0.15, 0.2) is 29.3 Å². The Kier molecular flexibility index (Phi) is 2.10. The Labute approximate surface area is 82.7 Å². The molecule has 2 nitrogen and oxygen atoms in total. The van der Waals surface area contributed by atoms with Gasteiger partial charge in [-0.15, -0.1) is 0 Å². The molecular formula is C10H10N2S. The van der Waals surface area contributed by atoms with Crippen LogP contribution in [-0.2, 0) is 6.42 Å². The summed E-state index contributed by atoms with van der Waals surface area (Å²) < 4.78 is 0. The monoisotopic (exact) mass is 190 g/mol. The van der Waals surface area contributed by atoms with E-state index in [4.69, 9.17) is 12.2 Å². The first-order valence-corrected chi connectivity index (χ1v) is 4.57. The lowest BCUT2D eigenvalue weighted by Crippen LogP contribution is -2.36. The molecule has 0 fully saturated rings. The van der Waals surface area contributed by atoms with E-state index in [1.54, 1.807) is 7.05 Å². The molecule has 66 valence electrons. The number of hydrogen-bond acceptors (Lipinski definition) is 2. The van der Waals surface area contributed by atoms with Gasteiger partial charge in [0.1, 0.15) is 5.84 Å². The van der Waals surface area contributed by atoms with E-state index in [0.717, 1.165) is 17.2 Å². The molecule has 0 atom stereocenters. The number of fused-ring (bicyclic) bond motifs is 1. The molecule has 0 aromatic heterocycles. The highest BCUT2D eigenvalue weighted by atomic mass is 32.1. The summed E-state index contributed by atoms with van der Waals surface area (Å²) >= 11 is 5.13. The van der Waals surface area contributed by atoms with Gasteiger partial charge >= 0.3 is 0 Å². The lowest BCUT2D eigenvalue weighted by molar-refractivity contribution is 1.16. The smallest absolute Gasteiger partial charge is 0.133 e. The lowest BCUT2D eigenvalue weighted by Gasteiger charge is -2.19. The van der Waals surface area contributed by atoms with E-state index in [-0.39, 0.29) is 0 Å². The van der Waals surface area contributed by atoms with Crippen molar-refractivity contribution in [1.29, 1.82) is 0 Å². The average Bonchev–Trinajstić information content (AvgIpc) is 2.16. The molecule has 13 heavy (non-hydrogen) atoms. The van der Waals surface area contributed by atoms with Crippen LogP contribution in [0.3, 0.4) is 0 Å². The zero-order chi connectivity index (χ0) is 9.26.